The summed E-state index contributed by atoms with van der Waals surface area (Å²) in [6.07, 6.45) is 0. The Kier molecular flexibility index (Phi) is 4.30. The number of nitrogens with one attached hydrogen (secondary N) is 1. The van der Waals surface area contributed by atoms with Crippen LogP contribution in [-0.4, -0.2) is 31.1 Å². The smallest absolute Gasteiger partial charge is 0.0998 e. The maximum Gasteiger partial charge on any atom is 0.0998 e. The van der Waals surface area contributed by atoms with Crippen molar-refractivity contribution in [1.82, 2.24) is 10.2 Å². The van der Waals surface area contributed by atoms with Gasteiger partial charge in [0.1, 0.15) is 0 Å². The van der Waals surface area contributed by atoms with Gasteiger partial charge >= 0.3 is 0 Å². The molecule has 3 nitrogen and oxygen atoms in total. The SMILES string of the molecule is N#Cc1ccccc1-c1ccc(CN2CCNCC2)cc1. The van der Waals surface area contributed by atoms with E-state index in [4.69, 9.17) is 0 Å². The molecule has 2 aromatic rings. The Morgan fingerprint density at radius 1 is 1.00 bits per heavy atom. The van der Waals surface area contributed by atoms with E-state index in [9.17, 15) is 5.26 Å². The van der Waals surface area contributed by atoms with Crippen LogP contribution in [0.3, 0.4) is 0 Å². The van der Waals surface area contributed by atoms with Gasteiger partial charge in [0.15, 0.2) is 0 Å². The van der Waals surface area contributed by atoms with Gasteiger partial charge in [-0.1, -0.05) is 42.5 Å². The fourth-order valence-corrected chi connectivity index (χ4v) is 2.75. The molecule has 0 amide bonds. The van der Waals surface area contributed by atoms with Crippen molar-refractivity contribution in [3.8, 4) is 17.2 Å². The Morgan fingerprint density at radius 2 is 1.71 bits per heavy atom. The minimum Gasteiger partial charge on any atom is -0.314 e. The zero-order valence-corrected chi connectivity index (χ0v) is 12.0. The standard InChI is InChI=1S/C18H19N3/c19-13-17-3-1-2-4-18(17)16-7-5-15(6-8-16)14-21-11-9-20-10-12-21/h1-8,20H,9-12,14H2. The third kappa shape index (κ3) is 3.30. The molecule has 3 heteroatoms. The Morgan fingerprint density at radius 3 is 2.43 bits per heavy atom. The molecule has 1 aliphatic rings. The maximum atomic E-state index is 9.19. The highest BCUT2D eigenvalue weighted by Crippen LogP contribution is 2.23. The van der Waals surface area contributed by atoms with E-state index >= 15 is 0 Å². The fraction of sp³-hybridized carbons (Fsp3) is 0.278. The van der Waals surface area contributed by atoms with Gasteiger partial charge in [-0.2, -0.15) is 5.26 Å². The highest BCUT2D eigenvalue weighted by molar-refractivity contribution is 5.70. The molecule has 0 unspecified atom stereocenters. The minimum atomic E-state index is 0.729. The van der Waals surface area contributed by atoms with Gasteiger partial charge in [-0.25, -0.2) is 0 Å². The first kappa shape index (κ1) is 13.8. The molecule has 0 aliphatic carbocycles. The van der Waals surface area contributed by atoms with Gasteiger partial charge in [0.25, 0.3) is 0 Å². The molecular formula is C18H19N3. The van der Waals surface area contributed by atoms with Crippen LogP contribution in [0.15, 0.2) is 48.5 Å². The zero-order chi connectivity index (χ0) is 14.5. The summed E-state index contributed by atoms with van der Waals surface area (Å²) in [5.41, 5.74) is 4.17. The van der Waals surface area contributed by atoms with Crippen molar-refractivity contribution < 1.29 is 0 Å². The summed E-state index contributed by atoms with van der Waals surface area (Å²) in [4.78, 5) is 2.47. The van der Waals surface area contributed by atoms with E-state index in [1.54, 1.807) is 0 Å². The van der Waals surface area contributed by atoms with Crippen LogP contribution in [0.4, 0.5) is 0 Å². The van der Waals surface area contributed by atoms with E-state index in [1.165, 1.54) is 5.56 Å². The number of piperazine rings is 1. The van der Waals surface area contributed by atoms with Crippen LogP contribution in [0.2, 0.25) is 0 Å². The molecule has 0 atom stereocenters. The normalized spacial score (nSPS) is 15.6. The lowest BCUT2D eigenvalue weighted by Crippen LogP contribution is -2.42. The summed E-state index contributed by atoms with van der Waals surface area (Å²) in [6, 6.07) is 18.6. The largest absolute Gasteiger partial charge is 0.314 e. The molecule has 1 saturated heterocycles. The van der Waals surface area contributed by atoms with Gasteiger partial charge in [-0.15, -0.1) is 0 Å². The van der Waals surface area contributed by atoms with Crippen molar-refractivity contribution in [2.24, 2.45) is 0 Å². The van der Waals surface area contributed by atoms with Gasteiger partial charge in [0.05, 0.1) is 11.6 Å². The first-order valence-electron chi connectivity index (χ1n) is 7.38. The van der Waals surface area contributed by atoms with Crippen LogP contribution in [0, 0.1) is 11.3 Å². The van der Waals surface area contributed by atoms with E-state index in [0.29, 0.717) is 0 Å². The van der Waals surface area contributed by atoms with Crippen LogP contribution in [0.1, 0.15) is 11.1 Å². The molecular weight excluding hydrogens is 258 g/mol. The second-order valence-corrected chi connectivity index (χ2v) is 5.38. The average Bonchev–Trinajstić information content (AvgIpc) is 2.56. The minimum absolute atomic E-state index is 0.729. The molecule has 106 valence electrons. The number of benzene rings is 2. The van der Waals surface area contributed by atoms with E-state index < -0.39 is 0 Å². The number of nitriles is 1. The van der Waals surface area contributed by atoms with Crippen LogP contribution >= 0.6 is 0 Å². The van der Waals surface area contributed by atoms with Gasteiger partial charge in [0, 0.05) is 32.7 Å². The molecule has 1 fully saturated rings. The van der Waals surface area contributed by atoms with Crippen LogP contribution in [-0.2, 0) is 6.54 Å². The molecule has 2 aromatic carbocycles. The van der Waals surface area contributed by atoms with Crippen molar-refractivity contribution in [2.45, 2.75) is 6.54 Å². The second kappa shape index (κ2) is 6.53. The predicted molar refractivity (Wildman–Crippen MR) is 84.7 cm³/mol. The van der Waals surface area contributed by atoms with Crippen LogP contribution in [0.25, 0.3) is 11.1 Å². The van der Waals surface area contributed by atoms with Crippen molar-refractivity contribution in [1.29, 1.82) is 5.26 Å². The topological polar surface area (TPSA) is 39.1 Å². The molecule has 21 heavy (non-hydrogen) atoms. The molecule has 1 aliphatic heterocycles. The Labute approximate surface area is 125 Å². The summed E-state index contributed by atoms with van der Waals surface area (Å²) >= 11 is 0. The number of hydrogen-bond donors (Lipinski definition) is 1. The average molecular weight is 277 g/mol. The zero-order valence-electron chi connectivity index (χ0n) is 12.0. The maximum absolute atomic E-state index is 9.19. The van der Waals surface area contributed by atoms with Crippen LogP contribution in [0.5, 0.6) is 0 Å². The van der Waals surface area contributed by atoms with Gasteiger partial charge < -0.3 is 5.32 Å². The van der Waals surface area contributed by atoms with Crippen molar-refractivity contribution >= 4 is 0 Å². The monoisotopic (exact) mass is 277 g/mol. The number of hydrogen-bond acceptors (Lipinski definition) is 3. The van der Waals surface area contributed by atoms with E-state index in [-0.39, 0.29) is 0 Å². The van der Waals surface area contributed by atoms with E-state index in [1.807, 2.05) is 24.3 Å². The third-order valence-electron chi connectivity index (χ3n) is 3.93. The molecule has 0 saturated carbocycles. The number of nitrogens with zero attached hydrogens (tertiary/aromatic N) is 2. The van der Waals surface area contributed by atoms with Gasteiger partial charge in [-0.3, -0.25) is 4.90 Å². The fourth-order valence-electron chi connectivity index (χ4n) is 2.75. The van der Waals surface area contributed by atoms with Crippen molar-refractivity contribution in [3.05, 3.63) is 59.7 Å². The Bertz CT molecular complexity index is 634. The van der Waals surface area contributed by atoms with E-state index in [2.05, 4.69) is 40.6 Å². The first-order valence-corrected chi connectivity index (χ1v) is 7.38. The Hall–Kier alpha value is -2.15. The molecule has 0 aromatic heterocycles. The second-order valence-electron chi connectivity index (χ2n) is 5.38. The molecule has 0 radical (unpaired) electrons. The predicted octanol–water partition coefficient (Wildman–Crippen LogP) is 2.63. The highest BCUT2D eigenvalue weighted by atomic mass is 15.2. The van der Waals surface area contributed by atoms with Gasteiger partial charge in [-0.05, 0) is 22.8 Å². The summed E-state index contributed by atoms with van der Waals surface area (Å²) in [6.45, 7) is 5.38. The lowest BCUT2D eigenvalue weighted by molar-refractivity contribution is 0.233. The Balaban J connectivity index is 1.76. The summed E-state index contributed by atoms with van der Waals surface area (Å²) in [7, 11) is 0. The lowest BCUT2D eigenvalue weighted by atomic mass is 9.99. The summed E-state index contributed by atoms with van der Waals surface area (Å²) in [5, 5.41) is 12.6. The third-order valence-corrected chi connectivity index (χ3v) is 3.93. The molecule has 0 bridgehead atoms. The first-order chi connectivity index (χ1) is 10.4. The van der Waals surface area contributed by atoms with Crippen molar-refractivity contribution in [2.75, 3.05) is 26.2 Å². The quantitative estimate of drug-likeness (QED) is 0.937. The molecule has 1 heterocycles. The lowest BCUT2D eigenvalue weighted by Gasteiger charge is -2.27. The van der Waals surface area contributed by atoms with Gasteiger partial charge in [0.2, 0.25) is 0 Å². The molecule has 3 rings (SSSR count). The highest BCUT2D eigenvalue weighted by Gasteiger charge is 2.10. The number of rotatable bonds is 3. The van der Waals surface area contributed by atoms with Crippen LogP contribution < -0.4 is 5.32 Å². The van der Waals surface area contributed by atoms with E-state index in [0.717, 1.165) is 49.4 Å². The summed E-state index contributed by atoms with van der Waals surface area (Å²) < 4.78 is 0. The molecule has 0 spiro atoms. The van der Waals surface area contributed by atoms with Crippen molar-refractivity contribution in [3.63, 3.8) is 0 Å². The molecule has 1 N–H and O–H groups in total. The summed E-state index contributed by atoms with van der Waals surface area (Å²) in [5.74, 6) is 0.